The fraction of sp³-hybridized carbons (Fsp3) is 0.143. The summed E-state index contributed by atoms with van der Waals surface area (Å²) in [6.07, 6.45) is 0.995. The number of hydrogen-bond donors (Lipinski definition) is 0. The first-order chi connectivity index (χ1) is 7.81. The number of aryl methyl sites for hydroxylation is 1. The normalized spacial score (nSPS) is 11.4. The van der Waals surface area contributed by atoms with E-state index in [2.05, 4.69) is 47.1 Å². The summed E-state index contributed by atoms with van der Waals surface area (Å²) in [5.74, 6) is 0. The lowest BCUT2D eigenvalue weighted by Crippen LogP contribution is -1.78. The number of fused-ring (bicyclic) bond motifs is 3. The molecule has 0 fully saturated rings. The molecule has 16 heavy (non-hydrogen) atoms. The SMILES string of the molecule is CCc1cccc2c1oc1c(Br)cccc12. The average Bonchev–Trinajstić information content (AvgIpc) is 2.69. The molecule has 0 aliphatic heterocycles. The third kappa shape index (κ3) is 1.30. The Morgan fingerprint density at radius 2 is 1.69 bits per heavy atom. The van der Waals surface area contributed by atoms with Gasteiger partial charge in [0.15, 0.2) is 0 Å². The summed E-state index contributed by atoms with van der Waals surface area (Å²) in [6, 6.07) is 12.5. The molecule has 0 atom stereocenters. The molecule has 0 spiro atoms. The summed E-state index contributed by atoms with van der Waals surface area (Å²) < 4.78 is 6.98. The van der Waals surface area contributed by atoms with Crippen LogP contribution in [0.5, 0.6) is 0 Å². The molecule has 0 saturated heterocycles. The van der Waals surface area contributed by atoms with Crippen molar-refractivity contribution in [1.29, 1.82) is 0 Å². The first-order valence-electron chi connectivity index (χ1n) is 5.40. The van der Waals surface area contributed by atoms with Crippen molar-refractivity contribution in [1.82, 2.24) is 0 Å². The second kappa shape index (κ2) is 3.63. The van der Waals surface area contributed by atoms with Gasteiger partial charge in [0.05, 0.1) is 4.47 Å². The highest BCUT2D eigenvalue weighted by atomic mass is 79.9. The van der Waals surface area contributed by atoms with E-state index in [1.807, 2.05) is 12.1 Å². The highest BCUT2D eigenvalue weighted by Crippen LogP contribution is 2.34. The molecule has 0 amide bonds. The molecule has 0 bridgehead atoms. The fourth-order valence-corrected chi connectivity index (χ4v) is 2.57. The van der Waals surface area contributed by atoms with E-state index in [0.29, 0.717) is 0 Å². The highest BCUT2D eigenvalue weighted by Gasteiger charge is 2.10. The van der Waals surface area contributed by atoms with E-state index >= 15 is 0 Å². The number of rotatable bonds is 1. The Kier molecular flexibility index (Phi) is 2.25. The summed E-state index contributed by atoms with van der Waals surface area (Å²) >= 11 is 3.53. The largest absolute Gasteiger partial charge is 0.455 e. The van der Waals surface area contributed by atoms with Gasteiger partial charge in [0, 0.05) is 10.8 Å². The fourth-order valence-electron chi connectivity index (χ4n) is 2.12. The Labute approximate surface area is 102 Å². The van der Waals surface area contributed by atoms with Crippen molar-refractivity contribution in [3.63, 3.8) is 0 Å². The van der Waals surface area contributed by atoms with Crippen LogP contribution >= 0.6 is 15.9 Å². The molecule has 3 rings (SSSR count). The van der Waals surface area contributed by atoms with Crippen molar-refractivity contribution in [2.75, 3.05) is 0 Å². The summed E-state index contributed by atoms with van der Waals surface area (Å²) in [5, 5.41) is 2.38. The van der Waals surface area contributed by atoms with Gasteiger partial charge in [0.1, 0.15) is 11.2 Å². The lowest BCUT2D eigenvalue weighted by Gasteiger charge is -1.95. The second-order valence-corrected chi connectivity index (χ2v) is 4.72. The molecule has 1 aromatic heterocycles. The van der Waals surface area contributed by atoms with Crippen LogP contribution in [-0.4, -0.2) is 0 Å². The zero-order valence-corrected chi connectivity index (χ0v) is 10.5. The molecule has 2 aromatic carbocycles. The van der Waals surface area contributed by atoms with Gasteiger partial charge in [0.25, 0.3) is 0 Å². The van der Waals surface area contributed by atoms with E-state index in [4.69, 9.17) is 4.42 Å². The van der Waals surface area contributed by atoms with Crippen molar-refractivity contribution in [3.05, 3.63) is 46.4 Å². The van der Waals surface area contributed by atoms with Gasteiger partial charge in [-0.2, -0.15) is 0 Å². The quantitative estimate of drug-likeness (QED) is 0.615. The lowest BCUT2D eigenvalue weighted by atomic mass is 10.1. The maximum Gasteiger partial charge on any atom is 0.149 e. The van der Waals surface area contributed by atoms with Gasteiger partial charge in [-0.05, 0) is 34.0 Å². The molecular weight excluding hydrogens is 264 g/mol. The number of halogens is 1. The van der Waals surface area contributed by atoms with Crippen LogP contribution in [-0.2, 0) is 6.42 Å². The van der Waals surface area contributed by atoms with Crippen molar-refractivity contribution in [2.45, 2.75) is 13.3 Å². The molecule has 0 saturated carbocycles. The average molecular weight is 275 g/mol. The Morgan fingerprint density at radius 3 is 2.44 bits per heavy atom. The van der Waals surface area contributed by atoms with Crippen LogP contribution in [0.25, 0.3) is 21.9 Å². The van der Waals surface area contributed by atoms with Gasteiger partial charge >= 0.3 is 0 Å². The zero-order valence-electron chi connectivity index (χ0n) is 8.96. The Hall–Kier alpha value is -1.28. The first-order valence-corrected chi connectivity index (χ1v) is 6.19. The minimum Gasteiger partial charge on any atom is -0.455 e. The van der Waals surface area contributed by atoms with E-state index in [1.54, 1.807) is 0 Å². The van der Waals surface area contributed by atoms with Crippen LogP contribution in [0.1, 0.15) is 12.5 Å². The van der Waals surface area contributed by atoms with E-state index in [9.17, 15) is 0 Å². The molecule has 2 heteroatoms. The Balaban J connectivity index is 2.55. The lowest BCUT2D eigenvalue weighted by molar-refractivity contribution is 0.661. The van der Waals surface area contributed by atoms with Crippen LogP contribution in [0, 0.1) is 0 Å². The van der Waals surface area contributed by atoms with Crippen molar-refractivity contribution < 1.29 is 4.42 Å². The molecule has 1 nitrogen and oxygen atoms in total. The number of benzene rings is 2. The predicted octanol–water partition coefficient (Wildman–Crippen LogP) is 4.91. The predicted molar refractivity (Wildman–Crippen MR) is 70.8 cm³/mol. The molecular formula is C14H11BrO. The van der Waals surface area contributed by atoms with Crippen LogP contribution in [0.15, 0.2) is 45.3 Å². The summed E-state index contributed by atoms with van der Waals surface area (Å²) in [6.45, 7) is 2.15. The molecule has 0 aliphatic rings. The van der Waals surface area contributed by atoms with E-state index in [1.165, 1.54) is 16.3 Å². The minimum atomic E-state index is 0.943. The van der Waals surface area contributed by atoms with Crippen molar-refractivity contribution >= 4 is 37.9 Å². The molecule has 0 radical (unpaired) electrons. The van der Waals surface area contributed by atoms with Gasteiger partial charge in [-0.1, -0.05) is 37.3 Å². The third-order valence-corrected chi connectivity index (χ3v) is 3.56. The zero-order chi connectivity index (χ0) is 11.1. The van der Waals surface area contributed by atoms with Gasteiger partial charge < -0.3 is 4.42 Å². The summed E-state index contributed by atoms with van der Waals surface area (Å²) in [4.78, 5) is 0. The van der Waals surface area contributed by atoms with E-state index in [0.717, 1.165) is 22.1 Å². The molecule has 1 heterocycles. The summed E-state index contributed by atoms with van der Waals surface area (Å²) in [7, 11) is 0. The number of hydrogen-bond acceptors (Lipinski definition) is 1. The monoisotopic (exact) mass is 274 g/mol. The van der Waals surface area contributed by atoms with Gasteiger partial charge in [-0.25, -0.2) is 0 Å². The first kappa shape index (κ1) is 9.91. The van der Waals surface area contributed by atoms with Gasteiger partial charge in [-0.3, -0.25) is 0 Å². The summed E-state index contributed by atoms with van der Waals surface area (Å²) in [5.41, 5.74) is 3.23. The van der Waals surface area contributed by atoms with Crippen LogP contribution < -0.4 is 0 Å². The van der Waals surface area contributed by atoms with Crippen molar-refractivity contribution in [3.8, 4) is 0 Å². The smallest absolute Gasteiger partial charge is 0.149 e. The standard InChI is InChI=1S/C14H11BrO/c1-2-9-5-3-6-10-11-7-4-8-12(15)14(11)16-13(9)10/h3-8H,2H2,1H3. The van der Waals surface area contributed by atoms with Crippen LogP contribution in [0.3, 0.4) is 0 Å². The second-order valence-electron chi connectivity index (χ2n) is 3.87. The molecule has 3 aromatic rings. The van der Waals surface area contributed by atoms with Crippen LogP contribution in [0.2, 0.25) is 0 Å². The topological polar surface area (TPSA) is 13.1 Å². The number of furan rings is 1. The third-order valence-electron chi connectivity index (χ3n) is 2.94. The maximum atomic E-state index is 5.96. The molecule has 0 N–H and O–H groups in total. The molecule has 80 valence electrons. The Bertz CT molecular complexity index is 667. The van der Waals surface area contributed by atoms with Crippen molar-refractivity contribution in [2.24, 2.45) is 0 Å². The number of para-hydroxylation sites is 2. The van der Waals surface area contributed by atoms with E-state index < -0.39 is 0 Å². The molecule has 0 unspecified atom stereocenters. The minimum absolute atomic E-state index is 0.943. The van der Waals surface area contributed by atoms with Gasteiger partial charge in [0.2, 0.25) is 0 Å². The van der Waals surface area contributed by atoms with Crippen LogP contribution in [0.4, 0.5) is 0 Å². The van der Waals surface area contributed by atoms with E-state index in [-0.39, 0.29) is 0 Å². The molecule has 0 aliphatic carbocycles. The Morgan fingerprint density at radius 1 is 1.00 bits per heavy atom. The van der Waals surface area contributed by atoms with Gasteiger partial charge in [-0.15, -0.1) is 0 Å². The maximum absolute atomic E-state index is 5.96. The highest BCUT2D eigenvalue weighted by molar-refractivity contribution is 9.10.